The maximum Gasteiger partial charge on any atom is 0.288 e. The molecule has 0 saturated heterocycles. The molecule has 1 amide bonds. The number of amides is 1. The maximum atomic E-state index is 12.9. The molecule has 0 fully saturated rings. The summed E-state index contributed by atoms with van der Waals surface area (Å²) in [4.78, 5) is 23.4. The van der Waals surface area contributed by atoms with Crippen molar-refractivity contribution in [1.82, 2.24) is 9.78 Å². The van der Waals surface area contributed by atoms with Gasteiger partial charge in [-0.1, -0.05) is 29.3 Å². The van der Waals surface area contributed by atoms with Crippen LogP contribution in [0.1, 0.15) is 32.7 Å². The number of rotatable bonds is 4. The molecule has 0 unspecified atom stereocenters. The van der Waals surface area contributed by atoms with Crippen molar-refractivity contribution in [3.8, 4) is 5.69 Å². The zero-order valence-corrected chi connectivity index (χ0v) is 17.7. The van der Waals surface area contributed by atoms with Crippen molar-refractivity contribution in [1.29, 1.82) is 0 Å². The topological polar surface area (TPSA) is 107 Å². The number of aryl methyl sites for hydroxylation is 2. The molecule has 0 bridgehead atoms. The monoisotopic (exact) mass is 444 g/mol. The second-order valence-electron chi connectivity index (χ2n) is 7.08. The highest BCUT2D eigenvalue weighted by Crippen LogP contribution is 2.33. The van der Waals surface area contributed by atoms with Crippen molar-refractivity contribution in [2.45, 2.75) is 25.4 Å². The van der Waals surface area contributed by atoms with Crippen LogP contribution in [-0.4, -0.2) is 24.8 Å². The number of carbonyl (C=O) groups excluding carboxylic acids is 1. The molecule has 30 heavy (non-hydrogen) atoms. The summed E-state index contributed by atoms with van der Waals surface area (Å²) in [5.41, 5.74) is 3.98. The molecule has 154 valence electrons. The molecule has 0 spiro atoms. The maximum absolute atomic E-state index is 12.9. The van der Waals surface area contributed by atoms with Crippen molar-refractivity contribution in [3.05, 3.63) is 79.5 Å². The first-order valence-electron chi connectivity index (χ1n) is 9.03. The lowest BCUT2D eigenvalue weighted by Gasteiger charge is -2.13. The third-order valence-electron chi connectivity index (χ3n) is 4.89. The summed E-state index contributed by atoms with van der Waals surface area (Å²) in [6.45, 7) is 3.93. The molecule has 0 aliphatic carbocycles. The SMILES string of the molecule is Cc1ccc(-n2nc3c(c2NC(=O)c2ccc(Cl)c([N+](=O)[O-])c2)C[S@](=O)C3)c(C)c1. The van der Waals surface area contributed by atoms with Crippen LogP contribution in [0.2, 0.25) is 5.02 Å². The third kappa shape index (κ3) is 3.61. The van der Waals surface area contributed by atoms with E-state index < -0.39 is 21.6 Å². The molecule has 1 aliphatic rings. The number of hydrogen-bond donors (Lipinski definition) is 1. The molecule has 2 heterocycles. The van der Waals surface area contributed by atoms with Crippen LogP contribution in [0.25, 0.3) is 5.69 Å². The van der Waals surface area contributed by atoms with E-state index in [1.54, 1.807) is 4.68 Å². The summed E-state index contributed by atoms with van der Waals surface area (Å²) >= 11 is 5.85. The Bertz CT molecular complexity index is 1240. The predicted molar refractivity (Wildman–Crippen MR) is 115 cm³/mol. The quantitative estimate of drug-likeness (QED) is 0.482. The third-order valence-corrected chi connectivity index (χ3v) is 6.41. The summed E-state index contributed by atoms with van der Waals surface area (Å²) in [5.74, 6) is 0.491. The van der Waals surface area contributed by atoms with Crippen LogP contribution in [0, 0.1) is 24.0 Å². The fraction of sp³-hybridized carbons (Fsp3) is 0.200. The normalized spacial score (nSPS) is 15.1. The number of hydrogen-bond acceptors (Lipinski definition) is 5. The van der Waals surface area contributed by atoms with Gasteiger partial charge in [-0.05, 0) is 37.6 Å². The Morgan fingerprint density at radius 3 is 2.70 bits per heavy atom. The number of nitro benzene ring substituents is 1. The fourth-order valence-corrected chi connectivity index (χ4v) is 4.90. The summed E-state index contributed by atoms with van der Waals surface area (Å²) in [7, 11) is -1.08. The highest BCUT2D eigenvalue weighted by atomic mass is 35.5. The number of benzene rings is 2. The Kier molecular flexibility index (Phi) is 5.17. The standard InChI is InChI=1S/C20H17ClN4O4S/c1-11-3-6-17(12(2)7-11)24-19(14-9-30(29)10-16(14)23-24)22-20(26)13-4-5-15(21)18(8-13)25(27)28/h3-8H,9-10H2,1-2H3,(H,22,26)/t30-/m0/s1. The van der Waals surface area contributed by atoms with E-state index in [0.717, 1.165) is 22.9 Å². The Morgan fingerprint density at radius 2 is 2.00 bits per heavy atom. The van der Waals surface area contributed by atoms with Crippen LogP contribution in [0.3, 0.4) is 0 Å². The van der Waals surface area contributed by atoms with E-state index in [-0.39, 0.29) is 22.0 Å². The summed E-state index contributed by atoms with van der Waals surface area (Å²) in [5, 5.41) is 18.5. The van der Waals surface area contributed by atoms with Crippen molar-refractivity contribution in [2.75, 3.05) is 5.32 Å². The van der Waals surface area contributed by atoms with Crippen LogP contribution in [0.4, 0.5) is 11.5 Å². The van der Waals surface area contributed by atoms with Crippen molar-refractivity contribution in [3.63, 3.8) is 0 Å². The van der Waals surface area contributed by atoms with Crippen molar-refractivity contribution >= 4 is 39.8 Å². The molecule has 8 nitrogen and oxygen atoms in total. The average Bonchev–Trinajstić information content (AvgIpc) is 3.19. The van der Waals surface area contributed by atoms with E-state index >= 15 is 0 Å². The minimum Gasteiger partial charge on any atom is -0.306 e. The smallest absolute Gasteiger partial charge is 0.288 e. The summed E-state index contributed by atoms with van der Waals surface area (Å²) in [6, 6.07) is 9.73. The van der Waals surface area contributed by atoms with E-state index in [1.807, 2.05) is 32.0 Å². The highest BCUT2D eigenvalue weighted by molar-refractivity contribution is 7.83. The molecular weight excluding hydrogens is 428 g/mol. The van der Waals surface area contributed by atoms with E-state index in [1.165, 1.54) is 12.1 Å². The van der Waals surface area contributed by atoms with Crippen molar-refractivity contribution in [2.24, 2.45) is 0 Å². The number of carbonyl (C=O) groups is 1. The predicted octanol–water partition coefficient (Wildman–Crippen LogP) is 4.07. The van der Waals surface area contributed by atoms with Crippen LogP contribution >= 0.6 is 11.6 Å². The summed E-state index contributed by atoms with van der Waals surface area (Å²) in [6.07, 6.45) is 0. The number of nitrogens with zero attached hydrogens (tertiary/aromatic N) is 3. The molecule has 1 aliphatic heterocycles. The number of nitro groups is 1. The van der Waals surface area contributed by atoms with Crippen LogP contribution in [-0.2, 0) is 22.3 Å². The van der Waals surface area contributed by atoms with Gasteiger partial charge in [0.05, 0.1) is 27.8 Å². The van der Waals surface area contributed by atoms with E-state index in [0.29, 0.717) is 22.8 Å². The fourth-order valence-electron chi connectivity index (χ4n) is 3.45. The molecule has 1 N–H and O–H groups in total. The van der Waals surface area contributed by atoms with Gasteiger partial charge in [-0.15, -0.1) is 0 Å². The van der Waals surface area contributed by atoms with Gasteiger partial charge in [-0.3, -0.25) is 19.1 Å². The zero-order valence-electron chi connectivity index (χ0n) is 16.1. The molecule has 3 aromatic rings. The highest BCUT2D eigenvalue weighted by Gasteiger charge is 2.29. The van der Waals surface area contributed by atoms with Gasteiger partial charge in [0.25, 0.3) is 11.6 Å². The molecule has 1 atom stereocenters. The number of anilines is 1. The molecule has 10 heteroatoms. The second kappa shape index (κ2) is 7.66. The second-order valence-corrected chi connectivity index (χ2v) is 8.95. The minimum absolute atomic E-state index is 0.0480. The van der Waals surface area contributed by atoms with Gasteiger partial charge >= 0.3 is 0 Å². The van der Waals surface area contributed by atoms with Gasteiger partial charge in [0.2, 0.25) is 0 Å². The van der Waals surface area contributed by atoms with Crippen LogP contribution in [0.5, 0.6) is 0 Å². The van der Waals surface area contributed by atoms with Gasteiger partial charge in [0, 0.05) is 28.0 Å². The first-order chi connectivity index (χ1) is 14.2. The molecule has 0 saturated carbocycles. The molecular formula is C20H17ClN4O4S. The number of aromatic nitrogens is 2. The Balaban J connectivity index is 1.77. The van der Waals surface area contributed by atoms with E-state index in [4.69, 9.17) is 11.6 Å². The Labute approximate surface area is 179 Å². The minimum atomic E-state index is -1.08. The number of fused-ring (bicyclic) bond motifs is 1. The van der Waals surface area contributed by atoms with E-state index in [2.05, 4.69) is 10.4 Å². The van der Waals surface area contributed by atoms with Crippen LogP contribution < -0.4 is 5.32 Å². The molecule has 1 aromatic heterocycles. The zero-order chi connectivity index (χ0) is 21.6. The molecule has 0 radical (unpaired) electrons. The van der Waals surface area contributed by atoms with Gasteiger partial charge in [-0.25, -0.2) is 4.68 Å². The first-order valence-corrected chi connectivity index (χ1v) is 10.9. The van der Waals surface area contributed by atoms with Crippen molar-refractivity contribution < 1.29 is 13.9 Å². The van der Waals surface area contributed by atoms with Gasteiger partial charge in [0.1, 0.15) is 10.8 Å². The number of nitrogens with one attached hydrogen (secondary N) is 1. The van der Waals surface area contributed by atoms with Gasteiger partial charge < -0.3 is 5.32 Å². The average molecular weight is 445 g/mol. The molecule has 2 aromatic carbocycles. The molecule has 4 rings (SSSR count). The van der Waals surface area contributed by atoms with Crippen LogP contribution in [0.15, 0.2) is 36.4 Å². The lowest BCUT2D eigenvalue weighted by atomic mass is 10.1. The summed E-state index contributed by atoms with van der Waals surface area (Å²) < 4.78 is 13.7. The number of halogens is 1. The lowest BCUT2D eigenvalue weighted by Crippen LogP contribution is -2.17. The first kappa shape index (κ1) is 20.2. The Morgan fingerprint density at radius 1 is 1.23 bits per heavy atom. The van der Waals surface area contributed by atoms with Gasteiger partial charge in [0.15, 0.2) is 0 Å². The van der Waals surface area contributed by atoms with E-state index in [9.17, 15) is 19.1 Å². The Hall–Kier alpha value is -3.04. The largest absolute Gasteiger partial charge is 0.306 e. The van der Waals surface area contributed by atoms with Gasteiger partial charge in [-0.2, -0.15) is 5.10 Å². The lowest BCUT2D eigenvalue weighted by molar-refractivity contribution is -0.384.